The van der Waals surface area contributed by atoms with Crippen molar-refractivity contribution in [3.05, 3.63) is 36.5 Å². The van der Waals surface area contributed by atoms with Gasteiger partial charge in [0.15, 0.2) is 0 Å². The molecule has 2 heterocycles. The van der Waals surface area contributed by atoms with Crippen molar-refractivity contribution in [3.8, 4) is 5.75 Å². The van der Waals surface area contributed by atoms with E-state index >= 15 is 0 Å². The number of ether oxygens (including phenoxy) is 2. The normalized spacial score (nSPS) is 32.1. The van der Waals surface area contributed by atoms with Gasteiger partial charge in [0.1, 0.15) is 35.7 Å². The molecule has 1 aromatic heterocycles. The van der Waals surface area contributed by atoms with E-state index in [0.29, 0.717) is 11.3 Å². The summed E-state index contributed by atoms with van der Waals surface area (Å²) in [6, 6.07) is 8.95. The lowest BCUT2D eigenvalue weighted by Crippen LogP contribution is -2.60. The van der Waals surface area contributed by atoms with Crippen molar-refractivity contribution in [2.75, 3.05) is 6.61 Å². The van der Waals surface area contributed by atoms with Crippen molar-refractivity contribution in [3.63, 3.8) is 0 Å². The fourth-order valence-electron chi connectivity index (χ4n) is 2.46. The van der Waals surface area contributed by atoms with Gasteiger partial charge in [0.25, 0.3) is 0 Å². The van der Waals surface area contributed by atoms with Crippen LogP contribution < -0.4 is 4.74 Å². The minimum absolute atomic E-state index is 0.377. The first-order chi connectivity index (χ1) is 10.6. The molecule has 0 amide bonds. The summed E-state index contributed by atoms with van der Waals surface area (Å²) in [5.74, 6) is 0.377. The summed E-state index contributed by atoms with van der Waals surface area (Å²) >= 11 is 0. The molecular formula is C15H17NO6. The number of para-hydroxylation sites is 1. The lowest BCUT2D eigenvalue weighted by Gasteiger charge is -2.39. The van der Waals surface area contributed by atoms with E-state index in [0.717, 1.165) is 5.39 Å². The van der Waals surface area contributed by atoms with Crippen LogP contribution in [0.15, 0.2) is 36.5 Å². The summed E-state index contributed by atoms with van der Waals surface area (Å²) in [6.07, 6.45) is -4.95. The molecule has 1 aliphatic rings. The number of aliphatic hydroxyl groups excluding tert-OH is 4. The molecule has 0 unspecified atom stereocenters. The first-order valence-corrected chi connectivity index (χ1v) is 6.92. The third kappa shape index (κ3) is 2.65. The molecule has 2 aromatic rings. The Balaban J connectivity index is 1.87. The topological polar surface area (TPSA) is 112 Å². The predicted octanol–water partition coefficient (Wildman–Crippen LogP) is -0.587. The first-order valence-electron chi connectivity index (χ1n) is 6.92. The molecule has 0 spiro atoms. The zero-order valence-corrected chi connectivity index (χ0v) is 11.6. The van der Waals surface area contributed by atoms with Crippen LogP contribution in [0.5, 0.6) is 5.75 Å². The summed E-state index contributed by atoms with van der Waals surface area (Å²) in [7, 11) is 0. The summed E-state index contributed by atoms with van der Waals surface area (Å²) < 4.78 is 10.9. The number of hydrogen-bond acceptors (Lipinski definition) is 7. The number of nitrogens with zero attached hydrogens (tertiary/aromatic N) is 1. The SMILES string of the molecule is OC[C@@H]1O[C@@H](Oc2cccc3cccnc23)[C@@H](O)[C@@H](O)[C@@H]1O. The molecule has 0 aliphatic carbocycles. The maximum Gasteiger partial charge on any atom is 0.229 e. The van der Waals surface area contributed by atoms with Gasteiger partial charge in [-0.3, -0.25) is 4.98 Å². The van der Waals surface area contributed by atoms with E-state index < -0.39 is 37.3 Å². The summed E-state index contributed by atoms with van der Waals surface area (Å²) in [4.78, 5) is 4.22. The third-order valence-corrected chi connectivity index (χ3v) is 3.69. The van der Waals surface area contributed by atoms with Crippen LogP contribution in [0.1, 0.15) is 0 Å². The molecule has 118 valence electrons. The van der Waals surface area contributed by atoms with Gasteiger partial charge in [-0.05, 0) is 12.1 Å². The molecule has 7 heteroatoms. The largest absolute Gasteiger partial charge is 0.460 e. The Labute approximate surface area is 126 Å². The van der Waals surface area contributed by atoms with Crippen LogP contribution in [0, 0.1) is 0 Å². The van der Waals surface area contributed by atoms with Crippen LogP contribution in [0.3, 0.4) is 0 Å². The molecular weight excluding hydrogens is 290 g/mol. The van der Waals surface area contributed by atoms with Crippen LogP contribution in [0.2, 0.25) is 0 Å². The minimum atomic E-state index is -1.47. The Morgan fingerprint density at radius 1 is 1.05 bits per heavy atom. The highest BCUT2D eigenvalue weighted by Gasteiger charge is 2.44. The molecule has 1 aromatic carbocycles. The first kappa shape index (κ1) is 15.1. The van der Waals surface area contributed by atoms with Crippen molar-refractivity contribution in [2.24, 2.45) is 0 Å². The highest BCUT2D eigenvalue weighted by Crippen LogP contribution is 2.28. The molecule has 1 saturated heterocycles. The van der Waals surface area contributed by atoms with Gasteiger partial charge in [-0.2, -0.15) is 0 Å². The van der Waals surface area contributed by atoms with Crippen LogP contribution in [0.4, 0.5) is 0 Å². The van der Waals surface area contributed by atoms with E-state index in [1.165, 1.54) is 0 Å². The Morgan fingerprint density at radius 2 is 1.82 bits per heavy atom. The van der Waals surface area contributed by atoms with Gasteiger partial charge in [0, 0.05) is 11.6 Å². The number of fused-ring (bicyclic) bond motifs is 1. The van der Waals surface area contributed by atoms with Crippen molar-refractivity contribution in [1.29, 1.82) is 0 Å². The molecule has 22 heavy (non-hydrogen) atoms. The fraction of sp³-hybridized carbons (Fsp3) is 0.400. The Morgan fingerprint density at radius 3 is 2.59 bits per heavy atom. The van der Waals surface area contributed by atoms with Crippen molar-refractivity contribution < 1.29 is 29.9 Å². The molecule has 1 aliphatic heterocycles. The molecule has 0 bridgehead atoms. The summed E-state index contributed by atoms with van der Waals surface area (Å²) in [5.41, 5.74) is 0.585. The molecule has 0 radical (unpaired) electrons. The van der Waals surface area contributed by atoms with Crippen molar-refractivity contribution in [2.45, 2.75) is 30.7 Å². The number of benzene rings is 1. The Hall–Kier alpha value is -1.77. The van der Waals surface area contributed by atoms with Gasteiger partial charge in [0.2, 0.25) is 6.29 Å². The molecule has 7 nitrogen and oxygen atoms in total. The predicted molar refractivity (Wildman–Crippen MR) is 76.1 cm³/mol. The van der Waals surface area contributed by atoms with Crippen LogP contribution in [-0.2, 0) is 4.74 Å². The Kier molecular flexibility index (Phi) is 4.23. The van der Waals surface area contributed by atoms with Crippen LogP contribution in [0.25, 0.3) is 10.9 Å². The highest BCUT2D eigenvalue weighted by molar-refractivity contribution is 5.84. The van der Waals surface area contributed by atoms with Crippen LogP contribution in [-0.4, -0.2) is 62.7 Å². The summed E-state index contributed by atoms with van der Waals surface area (Å²) in [5, 5.41) is 39.5. The average Bonchev–Trinajstić information content (AvgIpc) is 2.55. The fourth-order valence-corrected chi connectivity index (χ4v) is 2.46. The average molecular weight is 307 g/mol. The van der Waals surface area contributed by atoms with Gasteiger partial charge in [-0.1, -0.05) is 18.2 Å². The molecule has 4 N–H and O–H groups in total. The van der Waals surface area contributed by atoms with E-state index in [4.69, 9.17) is 9.47 Å². The van der Waals surface area contributed by atoms with Gasteiger partial charge >= 0.3 is 0 Å². The Bertz CT molecular complexity index is 643. The quantitative estimate of drug-likeness (QED) is 0.600. The van der Waals surface area contributed by atoms with E-state index in [1.54, 1.807) is 24.4 Å². The monoisotopic (exact) mass is 307 g/mol. The molecule has 5 atom stereocenters. The number of pyridine rings is 1. The second kappa shape index (κ2) is 6.15. The maximum absolute atomic E-state index is 9.99. The van der Waals surface area contributed by atoms with Crippen LogP contribution >= 0.6 is 0 Å². The third-order valence-electron chi connectivity index (χ3n) is 3.69. The van der Waals surface area contributed by atoms with Gasteiger partial charge in [-0.25, -0.2) is 0 Å². The van der Waals surface area contributed by atoms with Crippen molar-refractivity contribution >= 4 is 10.9 Å². The smallest absolute Gasteiger partial charge is 0.229 e. The minimum Gasteiger partial charge on any atom is -0.460 e. The van der Waals surface area contributed by atoms with E-state index in [-0.39, 0.29) is 0 Å². The molecule has 3 rings (SSSR count). The standard InChI is InChI=1S/C15H17NO6/c17-7-10-12(18)13(19)14(20)15(22-10)21-9-5-1-3-8-4-2-6-16-11(8)9/h1-6,10,12-15,17-20H,7H2/t10-,12+,13-,14-,15+/m0/s1. The molecule has 1 fully saturated rings. The zero-order chi connectivity index (χ0) is 15.7. The lowest BCUT2D eigenvalue weighted by atomic mass is 9.99. The maximum atomic E-state index is 9.99. The highest BCUT2D eigenvalue weighted by atomic mass is 16.7. The van der Waals surface area contributed by atoms with Gasteiger partial charge < -0.3 is 29.9 Å². The van der Waals surface area contributed by atoms with Gasteiger partial charge in [-0.15, -0.1) is 0 Å². The molecule has 0 saturated carbocycles. The number of rotatable bonds is 3. The summed E-state index contributed by atoms with van der Waals surface area (Å²) in [6.45, 7) is -0.501. The van der Waals surface area contributed by atoms with E-state index in [1.807, 2.05) is 12.1 Å². The number of hydrogen-bond donors (Lipinski definition) is 4. The number of aliphatic hydroxyl groups is 4. The van der Waals surface area contributed by atoms with E-state index in [2.05, 4.69) is 4.98 Å². The second-order valence-corrected chi connectivity index (χ2v) is 5.15. The van der Waals surface area contributed by atoms with Crippen molar-refractivity contribution in [1.82, 2.24) is 4.98 Å². The zero-order valence-electron chi connectivity index (χ0n) is 11.6. The second-order valence-electron chi connectivity index (χ2n) is 5.15. The van der Waals surface area contributed by atoms with E-state index in [9.17, 15) is 20.4 Å². The lowest BCUT2D eigenvalue weighted by molar-refractivity contribution is -0.277. The van der Waals surface area contributed by atoms with Gasteiger partial charge in [0.05, 0.1) is 6.61 Å². The number of aromatic nitrogens is 1.